The van der Waals surface area contributed by atoms with Gasteiger partial charge in [0, 0.05) is 28.0 Å². The molecule has 15 heavy (non-hydrogen) atoms. The van der Waals surface area contributed by atoms with Gasteiger partial charge in [-0.3, -0.25) is 4.99 Å². The summed E-state index contributed by atoms with van der Waals surface area (Å²) in [5, 5.41) is 0. The highest BCUT2D eigenvalue weighted by Crippen LogP contribution is 2.30. The molecule has 1 aromatic heterocycles. The molecule has 0 amide bonds. The van der Waals surface area contributed by atoms with Crippen LogP contribution in [-0.2, 0) is 6.42 Å². The van der Waals surface area contributed by atoms with Crippen molar-refractivity contribution >= 4 is 23.2 Å². The Hall–Kier alpha value is -1.41. The summed E-state index contributed by atoms with van der Waals surface area (Å²) in [6.45, 7) is 2.15. The smallest absolute Gasteiger partial charge is 0.0665 e. The Balaban J connectivity index is 2.17. The molecule has 0 N–H and O–H groups in total. The van der Waals surface area contributed by atoms with Gasteiger partial charge >= 0.3 is 0 Å². The van der Waals surface area contributed by atoms with Crippen molar-refractivity contribution in [2.24, 2.45) is 4.99 Å². The molecule has 1 aliphatic heterocycles. The quantitative estimate of drug-likeness (QED) is 0.540. The van der Waals surface area contributed by atoms with Crippen LogP contribution in [0.1, 0.15) is 20.9 Å². The lowest BCUT2D eigenvalue weighted by Crippen LogP contribution is -1.85. The van der Waals surface area contributed by atoms with Crippen LogP contribution in [0.4, 0.5) is 5.69 Å². The van der Waals surface area contributed by atoms with Crippen LogP contribution in [0.25, 0.3) is 0 Å². The van der Waals surface area contributed by atoms with Crippen molar-refractivity contribution in [3.05, 3.63) is 51.2 Å². The topological polar surface area (TPSA) is 12.4 Å². The van der Waals surface area contributed by atoms with E-state index < -0.39 is 0 Å². The molecule has 0 atom stereocenters. The van der Waals surface area contributed by atoms with E-state index in [0.29, 0.717) is 0 Å². The summed E-state index contributed by atoms with van der Waals surface area (Å²) in [6.07, 6.45) is 3.01. The summed E-state index contributed by atoms with van der Waals surface area (Å²) in [5.41, 5.74) is 3.72. The van der Waals surface area contributed by atoms with Crippen LogP contribution in [0.3, 0.4) is 0 Å². The molecule has 0 spiro atoms. The number of fused-ring (bicyclic) bond motifs is 2. The predicted molar refractivity (Wildman–Crippen MR) is 65.6 cm³/mol. The van der Waals surface area contributed by atoms with Gasteiger partial charge in [-0.15, -0.1) is 11.3 Å². The molecule has 0 radical (unpaired) electrons. The Morgan fingerprint density at radius 3 is 3.07 bits per heavy atom. The SMILES string of the molecule is Cc1cc2c(s1)Cc1ccccc1N=C2. The standard InChI is InChI=1S/C13H11NS/c1-9-6-11-8-14-12-5-3-2-4-10(12)7-13(11)15-9/h2-6,8H,7H2,1H3. The third-order valence-corrected chi connectivity index (χ3v) is 3.72. The summed E-state index contributed by atoms with van der Waals surface area (Å²) in [5.74, 6) is 0. The predicted octanol–water partition coefficient (Wildman–Crippen LogP) is 3.71. The first-order valence-corrected chi connectivity index (χ1v) is 5.86. The van der Waals surface area contributed by atoms with E-state index in [0.717, 1.165) is 12.1 Å². The van der Waals surface area contributed by atoms with Gasteiger partial charge in [0.2, 0.25) is 0 Å². The van der Waals surface area contributed by atoms with Crippen molar-refractivity contribution in [3.8, 4) is 0 Å². The maximum absolute atomic E-state index is 4.52. The molecule has 1 aliphatic rings. The van der Waals surface area contributed by atoms with E-state index in [4.69, 9.17) is 0 Å². The summed E-state index contributed by atoms with van der Waals surface area (Å²) < 4.78 is 0. The summed E-state index contributed by atoms with van der Waals surface area (Å²) in [4.78, 5) is 7.32. The van der Waals surface area contributed by atoms with Crippen molar-refractivity contribution in [2.45, 2.75) is 13.3 Å². The van der Waals surface area contributed by atoms with Gasteiger partial charge < -0.3 is 0 Å². The van der Waals surface area contributed by atoms with Gasteiger partial charge in [-0.1, -0.05) is 18.2 Å². The van der Waals surface area contributed by atoms with E-state index in [1.54, 1.807) is 0 Å². The second kappa shape index (κ2) is 3.31. The number of para-hydroxylation sites is 1. The molecule has 3 rings (SSSR count). The van der Waals surface area contributed by atoms with Crippen LogP contribution in [0.2, 0.25) is 0 Å². The number of rotatable bonds is 0. The van der Waals surface area contributed by atoms with E-state index >= 15 is 0 Å². The molecule has 1 nitrogen and oxygen atoms in total. The van der Waals surface area contributed by atoms with Crippen LogP contribution in [-0.4, -0.2) is 6.21 Å². The van der Waals surface area contributed by atoms with Gasteiger partial charge in [0.15, 0.2) is 0 Å². The molecule has 2 heteroatoms. The highest BCUT2D eigenvalue weighted by atomic mass is 32.1. The maximum Gasteiger partial charge on any atom is 0.0665 e. The van der Waals surface area contributed by atoms with E-state index in [-0.39, 0.29) is 0 Å². The molecule has 0 fully saturated rings. The van der Waals surface area contributed by atoms with E-state index in [1.165, 1.54) is 20.9 Å². The molecule has 2 heterocycles. The first-order chi connectivity index (χ1) is 7.33. The van der Waals surface area contributed by atoms with Gasteiger partial charge in [0.1, 0.15) is 0 Å². The van der Waals surface area contributed by atoms with Gasteiger partial charge in [-0.25, -0.2) is 0 Å². The third-order valence-electron chi connectivity index (χ3n) is 2.65. The lowest BCUT2D eigenvalue weighted by atomic mass is 10.1. The number of aliphatic imine (C=N–C) groups is 1. The van der Waals surface area contributed by atoms with Crippen LogP contribution in [0.15, 0.2) is 35.3 Å². The molecule has 0 saturated heterocycles. The normalized spacial score (nSPS) is 13.1. The van der Waals surface area contributed by atoms with Crippen LogP contribution in [0, 0.1) is 6.92 Å². The van der Waals surface area contributed by atoms with E-state index in [1.807, 2.05) is 23.6 Å². The highest BCUT2D eigenvalue weighted by molar-refractivity contribution is 7.12. The van der Waals surface area contributed by atoms with Gasteiger partial charge in [-0.05, 0) is 24.6 Å². The fourth-order valence-electron chi connectivity index (χ4n) is 1.93. The Kier molecular flexibility index (Phi) is 1.96. The molecule has 0 unspecified atom stereocenters. The number of nitrogens with zero attached hydrogens (tertiary/aromatic N) is 1. The average Bonchev–Trinajstić information content (AvgIpc) is 2.49. The monoisotopic (exact) mass is 213 g/mol. The zero-order valence-corrected chi connectivity index (χ0v) is 9.34. The Morgan fingerprint density at radius 2 is 2.13 bits per heavy atom. The van der Waals surface area contributed by atoms with Crippen LogP contribution < -0.4 is 0 Å². The van der Waals surface area contributed by atoms with Gasteiger partial charge in [0.05, 0.1) is 5.69 Å². The minimum absolute atomic E-state index is 1.02. The molecule has 0 bridgehead atoms. The first-order valence-electron chi connectivity index (χ1n) is 5.04. The molecule has 2 aromatic rings. The average molecular weight is 213 g/mol. The van der Waals surface area contributed by atoms with Crippen LogP contribution >= 0.6 is 11.3 Å². The van der Waals surface area contributed by atoms with Gasteiger partial charge in [0.25, 0.3) is 0 Å². The minimum Gasteiger partial charge on any atom is -0.256 e. The lowest BCUT2D eigenvalue weighted by Gasteiger charge is -2.00. The Labute approximate surface area is 93.1 Å². The number of aryl methyl sites for hydroxylation is 1. The van der Waals surface area contributed by atoms with E-state index in [2.05, 4.69) is 36.2 Å². The second-order valence-corrected chi connectivity index (χ2v) is 5.14. The highest BCUT2D eigenvalue weighted by Gasteiger charge is 2.11. The third kappa shape index (κ3) is 1.51. The van der Waals surface area contributed by atoms with Crippen molar-refractivity contribution in [3.63, 3.8) is 0 Å². The second-order valence-electron chi connectivity index (χ2n) is 3.80. The number of thiophene rings is 1. The molecule has 1 aromatic carbocycles. The molecular formula is C13H11NS. The lowest BCUT2D eigenvalue weighted by molar-refractivity contribution is 1.24. The van der Waals surface area contributed by atoms with Crippen molar-refractivity contribution in [1.82, 2.24) is 0 Å². The first kappa shape index (κ1) is 8.86. The zero-order chi connectivity index (χ0) is 10.3. The van der Waals surface area contributed by atoms with Gasteiger partial charge in [-0.2, -0.15) is 0 Å². The number of hydrogen-bond donors (Lipinski definition) is 0. The fourth-order valence-corrected chi connectivity index (χ4v) is 2.96. The summed E-state index contributed by atoms with van der Waals surface area (Å²) in [6, 6.07) is 10.6. The number of hydrogen-bond acceptors (Lipinski definition) is 2. The van der Waals surface area contributed by atoms with Crippen molar-refractivity contribution < 1.29 is 0 Å². The van der Waals surface area contributed by atoms with E-state index in [9.17, 15) is 0 Å². The Morgan fingerprint density at radius 1 is 1.27 bits per heavy atom. The van der Waals surface area contributed by atoms with Crippen molar-refractivity contribution in [2.75, 3.05) is 0 Å². The summed E-state index contributed by atoms with van der Waals surface area (Å²) in [7, 11) is 0. The minimum atomic E-state index is 1.02. The molecule has 74 valence electrons. The molecular weight excluding hydrogens is 202 g/mol. The maximum atomic E-state index is 4.52. The van der Waals surface area contributed by atoms with Crippen LogP contribution in [0.5, 0.6) is 0 Å². The summed E-state index contributed by atoms with van der Waals surface area (Å²) >= 11 is 1.88. The molecule has 0 aliphatic carbocycles. The molecule has 0 saturated carbocycles. The fraction of sp³-hybridized carbons (Fsp3) is 0.154. The van der Waals surface area contributed by atoms with Crippen molar-refractivity contribution in [1.29, 1.82) is 0 Å². The Bertz CT molecular complexity index is 537. The zero-order valence-electron chi connectivity index (χ0n) is 8.53. The number of benzene rings is 1. The largest absolute Gasteiger partial charge is 0.256 e.